The van der Waals surface area contributed by atoms with Gasteiger partial charge in [-0.25, -0.2) is 0 Å². The summed E-state index contributed by atoms with van der Waals surface area (Å²) in [4.78, 5) is 26.4. The smallest absolute Gasteiger partial charge is 0.170 e. The summed E-state index contributed by atoms with van der Waals surface area (Å²) in [6.45, 7) is 11.2. The lowest BCUT2D eigenvalue weighted by Crippen LogP contribution is -2.61. The van der Waals surface area contributed by atoms with Crippen molar-refractivity contribution >= 4 is 11.6 Å². The highest BCUT2D eigenvalue weighted by Gasteiger charge is 2.65. The van der Waals surface area contributed by atoms with Crippen molar-refractivity contribution in [1.29, 1.82) is 0 Å². The molecule has 34 heavy (non-hydrogen) atoms. The molecule has 0 bridgehead atoms. The van der Waals surface area contributed by atoms with Crippen molar-refractivity contribution in [2.24, 2.45) is 51.2 Å². The van der Waals surface area contributed by atoms with Gasteiger partial charge in [-0.15, -0.1) is 0 Å². The Kier molecular flexibility index (Phi) is 5.81. The Morgan fingerprint density at radius 1 is 1.00 bits per heavy atom. The van der Waals surface area contributed by atoms with Gasteiger partial charge in [0.25, 0.3) is 0 Å². The molecule has 0 aliphatic heterocycles. The van der Waals surface area contributed by atoms with Crippen LogP contribution in [0.1, 0.15) is 98.8 Å². The van der Waals surface area contributed by atoms with Crippen LogP contribution in [-0.4, -0.2) is 34.5 Å². The summed E-state index contributed by atoms with van der Waals surface area (Å²) in [7, 11) is 0. The summed E-state index contributed by atoms with van der Waals surface area (Å²) in [5, 5.41) is 20.0. The van der Waals surface area contributed by atoms with Crippen LogP contribution >= 0.6 is 0 Å². The monoisotopic (exact) mass is 470 g/mol. The average molecular weight is 471 g/mol. The van der Waals surface area contributed by atoms with Gasteiger partial charge in [-0.1, -0.05) is 46.3 Å². The highest BCUT2D eigenvalue weighted by atomic mass is 16.3. The second-order valence-electron chi connectivity index (χ2n) is 14.0. The van der Waals surface area contributed by atoms with Gasteiger partial charge >= 0.3 is 0 Å². The van der Waals surface area contributed by atoms with Gasteiger partial charge in [0.2, 0.25) is 0 Å². The Morgan fingerprint density at radius 3 is 2.41 bits per heavy atom. The van der Waals surface area contributed by atoms with E-state index in [1.165, 1.54) is 12.0 Å². The normalized spacial score (nSPS) is 48.5. The second-order valence-corrected chi connectivity index (χ2v) is 14.0. The Bertz CT molecular complexity index is 903. The van der Waals surface area contributed by atoms with Crippen LogP contribution in [0.25, 0.3) is 0 Å². The number of hydrogen-bond donors (Lipinski definition) is 2. The van der Waals surface area contributed by atoms with Gasteiger partial charge in [-0.05, 0) is 98.2 Å². The van der Waals surface area contributed by atoms with E-state index in [4.69, 9.17) is 0 Å². The fourth-order valence-corrected chi connectivity index (χ4v) is 10.4. The molecule has 5 aliphatic rings. The minimum Gasteiger partial charge on any atom is -0.393 e. The number of rotatable bonds is 3. The van der Waals surface area contributed by atoms with E-state index in [1.54, 1.807) is 0 Å². The Labute approximate surface area is 206 Å². The molecule has 0 aromatic heterocycles. The van der Waals surface area contributed by atoms with Gasteiger partial charge in [0.05, 0.1) is 6.61 Å². The van der Waals surface area contributed by atoms with Gasteiger partial charge in [0.15, 0.2) is 5.78 Å². The fraction of sp³-hybridized carbons (Fsp3) is 0.867. The molecule has 0 aromatic carbocycles. The molecular weight excluding hydrogens is 424 g/mol. The molecule has 4 heteroatoms. The molecule has 0 amide bonds. The number of aliphatic hydroxyl groups excluding tert-OH is 2. The standard InChI is InChI=1S/C30H46O4/c1-18-8-14-30(26(34)22(32)17-31)15-9-20-19(21(30)16-18)6-7-24-28(20,4)12-10-23-27(2,3)25(33)11-13-29(23,24)5/h6,18,20-24,31-32H,7-17H2,1-5H3. The van der Waals surface area contributed by atoms with Crippen LogP contribution in [0.4, 0.5) is 0 Å². The summed E-state index contributed by atoms with van der Waals surface area (Å²) >= 11 is 0. The Hall–Kier alpha value is -1.00. The second kappa shape index (κ2) is 8.00. The van der Waals surface area contributed by atoms with Crippen molar-refractivity contribution in [3.63, 3.8) is 0 Å². The van der Waals surface area contributed by atoms with Gasteiger partial charge in [0.1, 0.15) is 11.9 Å². The molecule has 2 N–H and O–H groups in total. The van der Waals surface area contributed by atoms with E-state index in [2.05, 4.69) is 40.7 Å². The zero-order valence-corrected chi connectivity index (χ0v) is 22.0. The first-order chi connectivity index (χ1) is 15.9. The van der Waals surface area contributed by atoms with Gasteiger partial charge in [-0.3, -0.25) is 9.59 Å². The van der Waals surface area contributed by atoms with Crippen molar-refractivity contribution < 1.29 is 19.8 Å². The number of hydrogen-bond acceptors (Lipinski definition) is 4. The molecule has 9 unspecified atom stereocenters. The summed E-state index contributed by atoms with van der Waals surface area (Å²) in [6.07, 6.45) is 11.1. The molecule has 0 radical (unpaired) electrons. The predicted molar refractivity (Wildman–Crippen MR) is 133 cm³/mol. The van der Waals surface area contributed by atoms with Gasteiger partial charge in [-0.2, -0.15) is 0 Å². The van der Waals surface area contributed by atoms with E-state index in [0.717, 1.165) is 51.4 Å². The Balaban J connectivity index is 1.54. The van der Waals surface area contributed by atoms with Crippen LogP contribution in [0.2, 0.25) is 0 Å². The number of allylic oxidation sites excluding steroid dienone is 2. The maximum atomic E-state index is 13.5. The molecule has 5 rings (SSSR count). The lowest BCUT2D eigenvalue weighted by molar-refractivity contribution is -0.171. The SMILES string of the molecule is CC1CCC2(C(=O)C(O)CO)CCC3C(=CCC4C3(C)CCC3C(C)(C)C(=O)CCC34C)C2C1. The van der Waals surface area contributed by atoms with Crippen LogP contribution in [0.3, 0.4) is 0 Å². The van der Waals surface area contributed by atoms with Gasteiger partial charge in [0, 0.05) is 17.3 Å². The Morgan fingerprint density at radius 2 is 1.71 bits per heavy atom. The first-order valence-electron chi connectivity index (χ1n) is 14.0. The molecule has 4 fully saturated rings. The molecule has 0 aromatic rings. The summed E-state index contributed by atoms with van der Waals surface area (Å²) in [6, 6.07) is 0. The van der Waals surface area contributed by atoms with E-state index in [9.17, 15) is 19.8 Å². The van der Waals surface area contributed by atoms with Crippen LogP contribution < -0.4 is 0 Å². The molecule has 190 valence electrons. The molecule has 0 saturated heterocycles. The minimum absolute atomic E-state index is 0.110. The van der Waals surface area contributed by atoms with E-state index in [0.29, 0.717) is 35.9 Å². The van der Waals surface area contributed by atoms with Crippen molar-refractivity contribution in [2.45, 2.75) is 105 Å². The fourth-order valence-electron chi connectivity index (χ4n) is 10.4. The number of fused-ring (bicyclic) bond motifs is 7. The molecular formula is C30H46O4. The van der Waals surface area contributed by atoms with Crippen molar-refractivity contribution in [1.82, 2.24) is 0 Å². The number of aliphatic hydroxyl groups is 2. The predicted octanol–water partition coefficient (Wildman–Crippen LogP) is 5.50. The van der Waals surface area contributed by atoms with E-state index >= 15 is 0 Å². The first-order valence-corrected chi connectivity index (χ1v) is 14.0. The third-order valence-electron chi connectivity index (χ3n) is 12.3. The van der Waals surface area contributed by atoms with Crippen molar-refractivity contribution in [3.8, 4) is 0 Å². The van der Waals surface area contributed by atoms with Crippen LogP contribution in [0.5, 0.6) is 0 Å². The number of Topliss-reactive ketones (excluding diaryl/α,β-unsaturated/α-hetero) is 2. The topological polar surface area (TPSA) is 74.6 Å². The lowest BCUT2D eigenvalue weighted by Gasteiger charge is -2.67. The molecule has 9 atom stereocenters. The largest absolute Gasteiger partial charge is 0.393 e. The minimum atomic E-state index is -1.25. The summed E-state index contributed by atoms with van der Waals surface area (Å²) < 4.78 is 0. The zero-order valence-electron chi connectivity index (χ0n) is 22.0. The molecule has 0 spiro atoms. The number of carbonyl (C=O) groups excluding carboxylic acids is 2. The third-order valence-corrected chi connectivity index (χ3v) is 12.3. The molecule has 4 saturated carbocycles. The number of ketones is 2. The van der Waals surface area contributed by atoms with E-state index in [-0.39, 0.29) is 27.9 Å². The molecule has 0 heterocycles. The highest BCUT2D eigenvalue weighted by molar-refractivity contribution is 5.90. The average Bonchev–Trinajstić information content (AvgIpc) is 2.80. The molecule has 5 aliphatic carbocycles. The van der Waals surface area contributed by atoms with Crippen LogP contribution in [-0.2, 0) is 9.59 Å². The zero-order chi connectivity index (χ0) is 24.7. The first kappa shape index (κ1) is 24.7. The van der Waals surface area contributed by atoms with Crippen molar-refractivity contribution in [2.75, 3.05) is 6.61 Å². The number of carbonyl (C=O) groups is 2. The van der Waals surface area contributed by atoms with Crippen LogP contribution in [0, 0.1) is 51.2 Å². The molecule has 4 nitrogen and oxygen atoms in total. The highest BCUT2D eigenvalue weighted by Crippen LogP contribution is 2.71. The van der Waals surface area contributed by atoms with Crippen molar-refractivity contribution in [3.05, 3.63) is 11.6 Å². The van der Waals surface area contributed by atoms with E-state index in [1.807, 2.05) is 0 Å². The third kappa shape index (κ3) is 3.16. The maximum absolute atomic E-state index is 13.5. The summed E-state index contributed by atoms with van der Waals surface area (Å²) in [5.41, 5.74) is 1.16. The maximum Gasteiger partial charge on any atom is 0.170 e. The van der Waals surface area contributed by atoms with Gasteiger partial charge < -0.3 is 10.2 Å². The summed E-state index contributed by atoms with van der Waals surface area (Å²) in [5.74, 6) is 2.65. The quantitative estimate of drug-likeness (QED) is 0.534. The van der Waals surface area contributed by atoms with E-state index < -0.39 is 18.1 Å². The lowest BCUT2D eigenvalue weighted by atomic mass is 9.37. The van der Waals surface area contributed by atoms with Crippen LogP contribution in [0.15, 0.2) is 11.6 Å².